The SMILES string of the molecule is COc1ccc(C(CC2CC2c2ccccc2)c2csc(N)n2)cc1. The van der Waals surface area contributed by atoms with Gasteiger partial charge in [-0.05, 0) is 47.9 Å². The van der Waals surface area contributed by atoms with E-state index < -0.39 is 0 Å². The average molecular weight is 350 g/mol. The molecule has 0 amide bonds. The number of nitrogens with two attached hydrogens (primary N) is 1. The van der Waals surface area contributed by atoms with Crippen LogP contribution in [0.2, 0.25) is 0 Å². The molecule has 1 heterocycles. The third-order valence-electron chi connectivity index (χ3n) is 5.10. The van der Waals surface area contributed by atoms with Gasteiger partial charge in [-0.2, -0.15) is 0 Å². The predicted octanol–water partition coefficient (Wildman–Crippen LogP) is 5.06. The van der Waals surface area contributed by atoms with Crippen molar-refractivity contribution < 1.29 is 4.74 Å². The lowest BCUT2D eigenvalue weighted by Crippen LogP contribution is -2.04. The fraction of sp³-hybridized carbons (Fsp3) is 0.286. The summed E-state index contributed by atoms with van der Waals surface area (Å²) in [5.41, 5.74) is 9.72. The van der Waals surface area contributed by atoms with Crippen LogP contribution >= 0.6 is 11.3 Å². The molecular weight excluding hydrogens is 328 g/mol. The third kappa shape index (κ3) is 3.54. The van der Waals surface area contributed by atoms with Crippen molar-refractivity contribution in [2.24, 2.45) is 5.92 Å². The van der Waals surface area contributed by atoms with E-state index in [1.165, 1.54) is 28.9 Å². The Hall–Kier alpha value is -2.33. The Morgan fingerprint density at radius 1 is 1.16 bits per heavy atom. The van der Waals surface area contributed by atoms with Crippen LogP contribution < -0.4 is 10.5 Å². The van der Waals surface area contributed by atoms with Crippen molar-refractivity contribution in [3.05, 3.63) is 76.8 Å². The monoisotopic (exact) mass is 350 g/mol. The standard InChI is InChI=1S/C21H22N2OS/c1-24-17-9-7-15(8-10-17)19(20-13-25-21(22)23-20)12-16-11-18(16)14-5-3-2-4-6-14/h2-10,13,16,18-19H,11-12H2,1H3,(H2,22,23). The van der Waals surface area contributed by atoms with E-state index in [1.807, 2.05) is 12.1 Å². The van der Waals surface area contributed by atoms with Crippen LogP contribution in [0.15, 0.2) is 60.0 Å². The number of anilines is 1. The zero-order valence-corrected chi connectivity index (χ0v) is 15.1. The van der Waals surface area contributed by atoms with Crippen LogP contribution in [0.5, 0.6) is 5.75 Å². The molecule has 0 aliphatic heterocycles. The maximum atomic E-state index is 5.89. The van der Waals surface area contributed by atoms with Gasteiger partial charge in [0.15, 0.2) is 5.13 Å². The molecule has 0 spiro atoms. The second-order valence-corrected chi connectivity index (χ2v) is 7.57. The van der Waals surface area contributed by atoms with E-state index in [-0.39, 0.29) is 5.92 Å². The highest BCUT2D eigenvalue weighted by atomic mass is 32.1. The van der Waals surface area contributed by atoms with E-state index in [1.54, 1.807) is 7.11 Å². The molecule has 3 aromatic rings. The van der Waals surface area contributed by atoms with E-state index in [9.17, 15) is 0 Å². The molecule has 3 atom stereocenters. The van der Waals surface area contributed by atoms with Crippen molar-refractivity contribution in [1.82, 2.24) is 4.98 Å². The topological polar surface area (TPSA) is 48.1 Å². The largest absolute Gasteiger partial charge is 0.497 e. The number of nitrogens with zero attached hydrogens (tertiary/aromatic N) is 1. The molecule has 0 bridgehead atoms. The normalized spacial score (nSPS) is 20.2. The summed E-state index contributed by atoms with van der Waals surface area (Å²) in [5.74, 6) is 2.56. The molecule has 128 valence electrons. The molecule has 1 aromatic heterocycles. The third-order valence-corrected chi connectivity index (χ3v) is 5.80. The number of hydrogen-bond acceptors (Lipinski definition) is 4. The highest BCUT2D eigenvalue weighted by molar-refractivity contribution is 7.13. The Morgan fingerprint density at radius 2 is 1.92 bits per heavy atom. The van der Waals surface area contributed by atoms with Gasteiger partial charge in [0.1, 0.15) is 5.75 Å². The van der Waals surface area contributed by atoms with Crippen LogP contribution in [-0.2, 0) is 0 Å². The lowest BCUT2D eigenvalue weighted by molar-refractivity contribution is 0.414. The van der Waals surface area contributed by atoms with Crippen LogP contribution in [-0.4, -0.2) is 12.1 Å². The summed E-state index contributed by atoms with van der Waals surface area (Å²) in [5, 5.41) is 2.74. The molecule has 1 aliphatic rings. The lowest BCUT2D eigenvalue weighted by Gasteiger charge is -2.16. The number of hydrogen-bond donors (Lipinski definition) is 1. The summed E-state index contributed by atoms with van der Waals surface area (Å²) in [7, 11) is 1.70. The van der Waals surface area contributed by atoms with E-state index in [4.69, 9.17) is 10.5 Å². The molecule has 0 radical (unpaired) electrons. The van der Waals surface area contributed by atoms with Gasteiger partial charge in [0.05, 0.1) is 12.8 Å². The number of rotatable bonds is 6. The minimum Gasteiger partial charge on any atom is -0.497 e. The zero-order chi connectivity index (χ0) is 17.2. The summed E-state index contributed by atoms with van der Waals surface area (Å²) in [4.78, 5) is 4.57. The Labute approximate surface area is 152 Å². The fourth-order valence-electron chi connectivity index (χ4n) is 3.64. The molecule has 4 rings (SSSR count). The number of thiazole rings is 1. The van der Waals surface area contributed by atoms with Crippen molar-refractivity contribution >= 4 is 16.5 Å². The van der Waals surface area contributed by atoms with Crippen molar-refractivity contribution in [2.45, 2.75) is 24.7 Å². The molecular formula is C21H22N2OS. The first-order chi connectivity index (χ1) is 12.2. The molecule has 3 unspecified atom stereocenters. The second kappa shape index (κ2) is 6.89. The van der Waals surface area contributed by atoms with Gasteiger partial charge in [-0.1, -0.05) is 42.5 Å². The number of ether oxygens (including phenoxy) is 1. The number of aromatic nitrogens is 1. The van der Waals surface area contributed by atoms with Crippen molar-refractivity contribution in [3.63, 3.8) is 0 Å². The Kier molecular flexibility index (Phi) is 4.45. The van der Waals surface area contributed by atoms with Crippen LogP contribution in [0, 0.1) is 5.92 Å². The maximum absolute atomic E-state index is 5.89. The maximum Gasteiger partial charge on any atom is 0.180 e. The minimum absolute atomic E-state index is 0.290. The molecule has 2 aromatic carbocycles. The quantitative estimate of drug-likeness (QED) is 0.676. The molecule has 1 fully saturated rings. The van der Waals surface area contributed by atoms with Gasteiger partial charge in [0, 0.05) is 11.3 Å². The van der Waals surface area contributed by atoms with Gasteiger partial charge in [0.25, 0.3) is 0 Å². The van der Waals surface area contributed by atoms with Crippen molar-refractivity contribution in [3.8, 4) is 5.75 Å². The first kappa shape index (κ1) is 16.2. The van der Waals surface area contributed by atoms with E-state index >= 15 is 0 Å². The van der Waals surface area contributed by atoms with Gasteiger partial charge in [-0.25, -0.2) is 4.98 Å². The van der Waals surface area contributed by atoms with Gasteiger partial charge < -0.3 is 10.5 Å². The first-order valence-corrected chi connectivity index (χ1v) is 9.52. The number of nitrogen functional groups attached to an aromatic ring is 1. The van der Waals surface area contributed by atoms with Crippen molar-refractivity contribution in [1.29, 1.82) is 0 Å². The van der Waals surface area contributed by atoms with Crippen LogP contribution in [0.1, 0.15) is 41.5 Å². The highest BCUT2D eigenvalue weighted by Crippen LogP contribution is 2.53. The van der Waals surface area contributed by atoms with Crippen LogP contribution in [0.4, 0.5) is 5.13 Å². The minimum atomic E-state index is 0.290. The summed E-state index contributed by atoms with van der Waals surface area (Å²) in [6.07, 6.45) is 2.37. The van der Waals surface area contributed by atoms with Crippen LogP contribution in [0.3, 0.4) is 0 Å². The van der Waals surface area contributed by atoms with Gasteiger partial charge in [0.2, 0.25) is 0 Å². The Bertz CT molecular complexity index is 829. The molecule has 2 N–H and O–H groups in total. The second-order valence-electron chi connectivity index (χ2n) is 6.69. The first-order valence-electron chi connectivity index (χ1n) is 8.64. The zero-order valence-electron chi connectivity index (χ0n) is 14.3. The fourth-order valence-corrected chi connectivity index (χ4v) is 4.26. The summed E-state index contributed by atoms with van der Waals surface area (Å²) >= 11 is 1.52. The van der Waals surface area contributed by atoms with Gasteiger partial charge in [-0.3, -0.25) is 0 Å². The molecule has 0 saturated heterocycles. The summed E-state index contributed by atoms with van der Waals surface area (Å²) in [6, 6.07) is 19.2. The van der Waals surface area contributed by atoms with E-state index in [2.05, 4.69) is 52.8 Å². The predicted molar refractivity (Wildman–Crippen MR) is 103 cm³/mol. The van der Waals surface area contributed by atoms with Gasteiger partial charge in [-0.15, -0.1) is 11.3 Å². The molecule has 25 heavy (non-hydrogen) atoms. The highest BCUT2D eigenvalue weighted by Gasteiger charge is 2.40. The van der Waals surface area contributed by atoms with Gasteiger partial charge >= 0.3 is 0 Å². The lowest BCUT2D eigenvalue weighted by atomic mass is 9.90. The smallest absolute Gasteiger partial charge is 0.180 e. The average Bonchev–Trinajstić information content (AvgIpc) is 3.31. The number of benzene rings is 2. The summed E-state index contributed by atoms with van der Waals surface area (Å²) < 4.78 is 5.29. The molecule has 1 saturated carbocycles. The van der Waals surface area contributed by atoms with Crippen LogP contribution in [0.25, 0.3) is 0 Å². The number of methoxy groups -OCH3 is 1. The van der Waals surface area contributed by atoms with E-state index in [0.717, 1.165) is 17.9 Å². The van der Waals surface area contributed by atoms with Crippen molar-refractivity contribution in [2.75, 3.05) is 12.8 Å². The molecule has 4 heteroatoms. The Morgan fingerprint density at radius 3 is 2.56 bits per heavy atom. The molecule has 1 aliphatic carbocycles. The Balaban J connectivity index is 1.56. The van der Waals surface area contributed by atoms with E-state index in [0.29, 0.717) is 17.0 Å². The summed E-state index contributed by atoms with van der Waals surface area (Å²) in [6.45, 7) is 0. The molecule has 3 nitrogen and oxygen atoms in total.